The third-order valence-electron chi connectivity index (χ3n) is 4.22. The van der Waals surface area contributed by atoms with E-state index in [-0.39, 0.29) is 12.5 Å². The summed E-state index contributed by atoms with van der Waals surface area (Å²) in [6.07, 6.45) is 3.46. The summed E-state index contributed by atoms with van der Waals surface area (Å²) in [5.74, 6) is 0.573. The number of nitrogens with one attached hydrogen (secondary N) is 1. The summed E-state index contributed by atoms with van der Waals surface area (Å²) >= 11 is 0. The Morgan fingerprint density at radius 2 is 2.17 bits per heavy atom. The molecule has 122 valence electrons. The zero-order chi connectivity index (χ0) is 16.7. The lowest BCUT2D eigenvalue weighted by Crippen LogP contribution is -2.12. The molecule has 0 saturated carbocycles. The van der Waals surface area contributed by atoms with Gasteiger partial charge in [0.15, 0.2) is 0 Å². The van der Waals surface area contributed by atoms with Gasteiger partial charge in [0.1, 0.15) is 5.82 Å². The number of hydrogen-bond donors (Lipinski definition) is 3. The number of H-pyrrole nitrogens is 1. The predicted octanol–water partition coefficient (Wildman–Crippen LogP) is 2.19. The number of pyridine rings is 1. The Hall–Kier alpha value is -2.93. The molecule has 7 heteroatoms. The quantitative estimate of drug-likeness (QED) is 0.534. The first-order valence-corrected chi connectivity index (χ1v) is 7.82. The lowest BCUT2D eigenvalue weighted by Gasteiger charge is -2.11. The van der Waals surface area contributed by atoms with E-state index in [1.165, 1.54) is 0 Å². The smallest absolute Gasteiger partial charge is 0.135 e. The normalized spacial score (nSPS) is 12.9. The Balaban J connectivity index is 1.94. The number of hydrogen-bond acceptors (Lipinski definition) is 5. The van der Waals surface area contributed by atoms with Gasteiger partial charge in [-0.05, 0) is 24.1 Å². The summed E-state index contributed by atoms with van der Waals surface area (Å²) < 4.78 is 1.90. The van der Waals surface area contributed by atoms with Crippen LogP contribution in [0.2, 0.25) is 0 Å². The number of nitrogens with zero attached hydrogens (tertiary/aromatic N) is 4. The van der Waals surface area contributed by atoms with Gasteiger partial charge < -0.3 is 10.8 Å². The van der Waals surface area contributed by atoms with Crippen LogP contribution in [0, 0.1) is 5.92 Å². The van der Waals surface area contributed by atoms with Crippen LogP contribution in [0.4, 0.5) is 5.82 Å². The maximum atomic E-state index is 9.33. The molecule has 3 heterocycles. The van der Waals surface area contributed by atoms with Crippen LogP contribution in [0.15, 0.2) is 36.7 Å². The lowest BCUT2D eigenvalue weighted by atomic mass is 10.1. The second-order valence-corrected chi connectivity index (χ2v) is 6.08. The first kappa shape index (κ1) is 14.6. The number of aliphatic hydroxyl groups excluding tert-OH is 1. The van der Waals surface area contributed by atoms with Gasteiger partial charge in [-0.15, -0.1) is 0 Å². The highest BCUT2D eigenvalue weighted by Gasteiger charge is 2.14. The summed E-state index contributed by atoms with van der Waals surface area (Å²) in [4.78, 5) is 4.53. The monoisotopic (exact) mass is 322 g/mol. The van der Waals surface area contributed by atoms with Gasteiger partial charge in [-0.2, -0.15) is 10.2 Å². The van der Waals surface area contributed by atoms with Crippen molar-refractivity contribution in [3.05, 3.63) is 36.7 Å². The fourth-order valence-electron chi connectivity index (χ4n) is 2.95. The molecule has 0 amide bonds. The predicted molar refractivity (Wildman–Crippen MR) is 93.3 cm³/mol. The molecule has 0 radical (unpaired) electrons. The van der Waals surface area contributed by atoms with Crippen molar-refractivity contribution < 1.29 is 5.11 Å². The molecule has 1 aromatic carbocycles. The Labute approximate surface area is 138 Å². The van der Waals surface area contributed by atoms with Gasteiger partial charge in [0, 0.05) is 30.3 Å². The fourth-order valence-corrected chi connectivity index (χ4v) is 2.95. The molecular weight excluding hydrogens is 304 g/mol. The molecule has 0 bridgehead atoms. The molecule has 3 aromatic heterocycles. The number of nitrogens with two attached hydrogens (primary N) is 1. The van der Waals surface area contributed by atoms with Crippen LogP contribution >= 0.6 is 0 Å². The number of nitrogen functional groups attached to an aromatic ring is 1. The van der Waals surface area contributed by atoms with Gasteiger partial charge in [0.2, 0.25) is 0 Å². The van der Waals surface area contributed by atoms with Crippen molar-refractivity contribution in [2.24, 2.45) is 5.92 Å². The highest BCUT2D eigenvalue weighted by molar-refractivity contribution is 6.08. The van der Waals surface area contributed by atoms with Crippen molar-refractivity contribution in [1.29, 1.82) is 0 Å². The molecule has 0 saturated heterocycles. The Bertz CT molecular complexity index is 1000. The van der Waals surface area contributed by atoms with E-state index in [0.717, 1.165) is 33.1 Å². The molecule has 4 rings (SSSR count). The van der Waals surface area contributed by atoms with E-state index < -0.39 is 0 Å². The summed E-state index contributed by atoms with van der Waals surface area (Å²) in [5.41, 5.74) is 9.83. The molecule has 0 fully saturated rings. The number of benzene rings is 1. The van der Waals surface area contributed by atoms with Gasteiger partial charge in [0.05, 0.1) is 28.3 Å². The molecule has 1 atom stereocenters. The van der Waals surface area contributed by atoms with Crippen LogP contribution < -0.4 is 5.73 Å². The van der Waals surface area contributed by atoms with E-state index in [9.17, 15) is 5.11 Å². The van der Waals surface area contributed by atoms with Crippen LogP contribution in [0.1, 0.15) is 6.92 Å². The summed E-state index contributed by atoms with van der Waals surface area (Å²) in [6, 6.07) is 7.96. The van der Waals surface area contributed by atoms with Crippen molar-refractivity contribution in [3.8, 4) is 11.3 Å². The number of fused-ring (bicyclic) bond motifs is 3. The standard InChI is InChI=1S/C17H18N6O/c1-10(9-24)8-23-16-12-3-2-11(14-4-5-19-22-14)6-15(12)21-17(18)13(16)7-20-23/h2-7,10,24H,8-9H2,1H3,(H2,18,21)(H,19,22)/t10-/m0/s1. The van der Waals surface area contributed by atoms with Gasteiger partial charge in [-0.1, -0.05) is 13.0 Å². The Kier molecular flexibility index (Phi) is 3.42. The number of anilines is 1. The summed E-state index contributed by atoms with van der Waals surface area (Å²) in [5, 5.41) is 22.5. The first-order chi connectivity index (χ1) is 11.7. The third kappa shape index (κ3) is 2.30. The number of aliphatic hydroxyl groups is 1. The van der Waals surface area contributed by atoms with Gasteiger partial charge in [-0.25, -0.2) is 4.98 Å². The van der Waals surface area contributed by atoms with Crippen molar-refractivity contribution in [2.45, 2.75) is 13.5 Å². The van der Waals surface area contributed by atoms with E-state index >= 15 is 0 Å². The van der Waals surface area contributed by atoms with E-state index in [1.54, 1.807) is 12.4 Å². The van der Waals surface area contributed by atoms with E-state index in [1.807, 2.05) is 35.9 Å². The number of aromatic amines is 1. The number of rotatable bonds is 4. The largest absolute Gasteiger partial charge is 0.396 e. The molecule has 7 nitrogen and oxygen atoms in total. The first-order valence-electron chi connectivity index (χ1n) is 7.82. The lowest BCUT2D eigenvalue weighted by molar-refractivity contribution is 0.220. The zero-order valence-corrected chi connectivity index (χ0v) is 13.3. The molecule has 0 spiro atoms. The highest BCUT2D eigenvalue weighted by Crippen LogP contribution is 2.30. The zero-order valence-electron chi connectivity index (χ0n) is 13.3. The van der Waals surface area contributed by atoms with Gasteiger partial charge >= 0.3 is 0 Å². The average molecular weight is 322 g/mol. The Morgan fingerprint density at radius 3 is 2.92 bits per heavy atom. The molecule has 4 N–H and O–H groups in total. The number of aromatic nitrogens is 5. The average Bonchev–Trinajstić information content (AvgIpc) is 3.24. The topological polar surface area (TPSA) is 106 Å². The minimum Gasteiger partial charge on any atom is -0.396 e. The van der Waals surface area contributed by atoms with Crippen LogP contribution in [0.3, 0.4) is 0 Å². The van der Waals surface area contributed by atoms with Gasteiger partial charge in [0.25, 0.3) is 0 Å². The second kappa shape index (κ2) is 5.61. The van der Waals surface area contributed by atoms with E-state index in [2.05, 4.69) is 20.3 Å². The maximum Gasteiger partial charge on any atom is 0.135 e. The minimum absolute atomic E-state index is 0.113. The maximum absolute atomic E-state index is 9.33. The highest BCUT2D eigenvalue weighted by atomic mass is 16.3. The van der Waals surface area contributed by atoms with Crippen LogP contribution in [-0.2, 0) is 6.54 Å². The third-order valence-corrected chi connectivity index (χ3v) is 4.22. The van der Waals surface area contributed by atoms with Crippen molar-refractivity contribution >= 4 is 27.6 Å². The van der Waals surface area contributed by atoms with Crippen LogP contribution in [0.5, 0.6) is 0 Å². The van der Waals surface area contributed by atoms with E-state index in [4.69, 9.17) is 5.73 Å². The summed E-state index contributed by atoms with van der Waals surface area (Å²) in [7, 11) is 0. The second-order valence-electron chi connectivity index (χ2n) is 6.08. The molecule has 0 aliphatic rings. The summed E-state index contributed by atoms with van der Waals surface area (Å²) in [6.45, 7) is 2.72. The molecule has 0 aliphatic carbocycles. The molecule has 0 aliphatic heterocycles. The SMILES string of the molecule is C[C@H](CO)Cn1ncc2c(N)nc3cc(-c4ccn[nH]4)ccc3c21. The Morgan fingerprint density at radius 1 is 1.29 bits per heavy atom. The van der Waals surface area contributed by atoms with E-state index in [0.29, 0.717) is 12.4 Å². The van der Waals surface area contributed by atoms with Gasteiger partial charge in [-0.3, -0.25) is 9.78 Å². The van der Waals surface area contributed by atoms with Crippen LogP contribution in [0.25, 0.3) is 33.1 Å². The molecular formula is C17H18N6O. The molecule has 24 heavy (non-hydrogen) atoms. The van der Waals surface area contributed by atoms with Crippen molar-refractivity contribution in [3.63, 3.8) is 0 Å². The molecule has 4 aromatic rings. The van der Waals surface area contributed by atoms with Crippen molar-refractivity contribution in [1.82, 2.24) is 25.0 Å². The van der Waals surface area contributed by atoms with Crippen LogP contribution in [-0.4, -0.2) is 36.7 Å². The minimum atomic E-state index is 0.113. The fraction of sp³-hybridized carbons (Fsp3) is 0.235. The van der Waals surface area contributed by atoms with Crippen molar-refractivity contribution in [2.75, 3.05) is 12.3 Å². The molecule has 0 unspecified atom stereocenters.